The molecular formula is C17H31N3O. The topological polar surface area (TPSA) is 27.7 Å². The van der Waals surface area contributed by atoms with E-state index >= 15 is 0 Å². The van der Waals surface area contributed by atoms with E-state index in [0.717, 1.165) is 38.5 Å². The van der Waals surface area contributed by atoms with Crippen LogP contribution in [-0.4, -0.2) is 63.2 Å². The van der Waals surface area contributed by atoms with Gasteiger partial charge in [-0.15, -0.1) is 0 Å². The van der Waals surface area contributed by atoms with E-state index in [1.54, 1.807) is 0 Å². The summed E-state index contributed by atoms with van der Waals surface area (Å²) in [6, 6.07) is 8.84. The van der Waals surface area contributed by atoms with Crippen LogP contribution in [0.2, 0.25) is 0 Å². The van der Waals surface area contributed by atoms with Crippen molar-refractivity contribution in [1.82, 2.24) is 15.1 Å². The van der Waals surface area contributed by atoms with E-state index in [9.17, 15) is 0 Å². The number of nitrogens with zero attached hydrogens (tertiary/aromatic N) is 2. The summed E-state index contributed by atoms with van der Waals surface area (Å²) in [5.74, 6) is 0.957. The highest BCUT2D eigenvalue weighted by Crippen LogP contribution is 2.13. The van der Waals surface area contributed by atoms with Gasteiger partial charge in [0.1, 0.15) is 12.4 Å². The van der Waals surface area contributed by atoms with E-state index in [-0.39, 0.29) is 0 Å². The second kappa shape index (κ2) is 9.77. The van der Waals surface area contributed by atoms with Crippen LogP contribution in [0.15, 0.2) is 24.3 Å². The fraction of sp³-hybridized carbons (Fsp3) is 0.647. The predicted octanol–water partition coefficient (Wildman–Crippen LogP) is 2.06. The van der Waals surface area contributed by atoms with Gasteiger partial charge in [0.2, 0.25) is 0 Å². The molecular weight excluding hydrogens is 262 g/mol. The number of benzene rings is 1. The van der Waals surface area contributed by atoms with Gasteiger partial charge in [-0.3, -0.25) is 0 Å². The van der Waals surface area contributed by atoms with E-state index in [2.05, 4.69) is 68.3 Å². The molecule has 0 amide bonds. The molecule has 1 rings (SSSR count). The van der Waals surface area contributed by atoms with Crippen molar-refractivity contribution in [3.05, 3.63) is 29.8 Å². The fourth-order valence-corrected chi connectivity index (χ4v) is 1.87. The summed E-state index contributed by atoms with van der Waals surface area (Å²) >= 11 is 0. The van der Waals surface area contributed by atoms with Gasteiger partial charge < -0.3 is 19.9 Å². The first-order valence-corrected chi connectivity index (χ1v) is 7.75. The highest BCUT2D eigenvalue weighted by molar-refractivity contribution is 5.28. The lowest BCUT2D eigenvalue weighted by molar-refractivity contribution is 0.222. The second-order valence-electron chi connectivity index (χ2n) is 6.14. The molecule has 0 atom stereocenters. The van der Waals surface area contributed by atoms with Crippen molar-refractivity contribution >= 4 is 0 Å². The lowest BCUT2D eigenvalue weighted by atomic mass is 10.2. The molecule has 4 nitrogen and oxygen atoms in total. The molecule has 0 spiro atoms. The smallest absolute Gasteiger partial charge is 0.119 e. The van der Waals surface area contributed by atoms with Gasteiger partial charge in [0.05, 0.1) is 0 Å². The molecule has 1 N–H and O–H groups in total. The van der Waals surface area contributed by atoms with E-state index in [4.69, 9.17) is 4.74 Å². The zero-order valence-corrected chi connectivity index (χ0v) is 14.2. The quantitative estimate of drug-likeness (QED) is 0.714. The molecule has 120 valence electrons. The molecule has 0 radical (unpaired) electrons. The molecule has 0 heterocycles. The second-order valence-corrected chi connectivity index (χ2v) is 6.14. The minimum Gasteiger partial charge on any atom is -0.492 e. The van der Waals surface area contributed by atoms with Crippen molar-refractivity contribution in [3.8, 4) is 5.75 Å². The lowest BCUT2D eigenvalue weighted by Crippen LogP contribution is -2.31. The van der Waals surface area contributed by atoms with Crippen LogP contribution in [-0.2, 0) is 6.54 Å². The third-order valence-corrected chi connectivity index (χ3v) is 3.28. The van der Waals surface area contributed by atoms with Crippen molar-refractivity contribution in [2.45, 2.75) is 26.4 Å². The monoisotopic (exact) mass is 293 g/mol. The van der Waals surface area contributed by atoms with Crippen LogP contribution in [0.25, 0.3) is 0 Å². The number of nitrogens with one attached hydrogen (secondary N) is 1. The maximum absolute atomic E-state index is 5.85. The third-order valence-electron chi connectivity index (χ3n) is 3.28. The van der Waals surface area contributed by atoms with Crippen LogP contribution in [0.4, 0.5) is 0 Å². The van der Waals surface area contributed by atoms with Crippen LogP contribution in [0.1, 0.15) is 19.4 Å². The normalized spacial score (nSPS) is 11.6. The Labute approximate surface area is 130 Å². The largest absolute Gasteiger partial charge is 0.492 e. The standard InChI is InChI=1S/C17H31N3O/c1-15(2)18-14-16-7-6-8-17(13-16)21-12-11-20(5)10-9-19(3)4/h6-8,13,15,18H,9-12,14H2,1-5H3. The molecule has 0 aromatic heterocycles. The molecule has 0 bridgehead atoms. The highest BCUT2D eigenvalue weighted by atomic mass is 16.5. The van der Waals surface area contributed by atoms with Crippen LogP contribution in [0.3, 0.4) is 0 Å². The van der Waals surface area contributed by atoms with Gasteiger partial charge in [-0.2, -0.15) is 0 Å². The van der Waals surface area contributed by atoms with Gasteiger partial charge in [0.25, 0.3) is 0 Å². The van der Waals surface area contributed by atoms with Crippen molar-refractivity contribution in [3.63, 3.8) is 0 Å². The van der Waals surface area contributed by atoms with E-state index < -0.39 is 0 Å². The van der Waals surface area contributed by atoms with Gasteiger partial charge in [0, 0.05) is 32.2 Å². The summed E-state index contributed by atoms with van der Waals surface area (Å²) in [4.78, 5) is 4.49. The molecule has 21 heavy (non-hydrogen) atoms. The molecule has 0 fully saturated rings. The summed E-state index contributed by atoms with van der Waals surface area (Å²) in [5.41, 5.74) is 1.27. The average Bonchev–Trinajstić information content (AvgIpc) is 2.43. The first kappa shape index (κ1) is 18.0. The zero-order valence-electron chi connectivity index (χ0n) is 14.2. The molecule has 1 aromatic rings. The average molecular weight is 293 g/mol. The highest BCUT2D eigenvalue weighted by Gasteiger charge is 2.01. The Kier molecular flexibility index (Phi) is 8.35. The molecule has 0 saturated carbocycles. The number of rotatable bonds is 10. The van der Waals surface area contributed by atoms with Crippen molar-refractivity contribution < 1.29 is 4.74 Å². The minimum absolute atomic E-state index is 0.500. The summed E-state index contributed by atoms with van der Waals surface area (Å²) < 4.78 is 5.85. The van der Waals surface area contributed by atoms with Gasteiger partial charge >= 0.3 is 0 Å². The Bertz CT molecular complexity index is 393. The maximum atomic E-state index is 5.85. The Hall–Kier alpha value is -1.10. The van der Waals surface area contributed by atoms with E-state index in [1.165, 1.54) is 5.56 Å². The molecule has 0 aliphatic heterocycles. The third kappa shape index (κ3) is 8.71. The molecule has 4 heteroatoms. The summed E-state index contributed by atoms with van der Waals surface area (Å²) in [7, 11) is 6.33. The molecule has 0 unspecified atom stereocenters. The van der Waals surface area contributed by atoms with Crippen molar-refractivity contribution in [2.24, 2.45) is 0 Å². The summed E-state index contributed by atoms with van der Waals surface area (Å²) in [6.45, 7) is 9.01. The van der Waals surface area contributed by atoms with Crippen LogP contribution in [0.5, 0.6) is 5.75 Å². The first-order chi connectivity index (χ1) is 9.97. The van der Waals surface area contributed by atoms with Crippen molar-refractivity contribution in [2.75, 3.05) is 47.4 Å². The maximum Gasteiger partial charge on any atom is 0.119 e. The SMILES string of the molecule is CC(C)NCc1cccc(OCCN(C)CCN(C)C)c1. The van der Waals surface area contributed by atoms with E-state index in [0.29, 0.717) is 6.04 Å². The minimum atomic E-state index is 0.500. The number of ether oxygens (including phenoxy) is 1. The van der Waals surface area contributed by atoms with Crippen molar-refractivity contribution in [1.29, 1.82) is 0 Å². The Morgan fingerprint density at radius 2 is 1.86 bits per heavy atom. The molecule has 0 saturated heterocycles. The first-order valence-electron chi connectivity index (χ1n) is 7.75. The number of likely N-dealkylation sites (N-methyl/N-ethyl adjacent to an activating group) is 2. The molecule has 0 aliphatic carbocycles. The Morgan fingerprint density at radius 3 is 2.52 bits per heavy atom. The zero-order chi connectivity index (χ0) is 15.7. The van der Waals surface area contributed by atoms with E-state index in [1.807, 2.05) is 6.07 Å². The van der Waals surface area contributed by atoms with Crippen LogP contribution < -0.4 is 10.1 Å². The molecule has 1 aromatic carbocycles. The number of hydrogen-bond acceptors (Lipinski definition) is 4. The summed E-state index contributed by atoms with van der Waals surface area (Å²) in [6.07, 6.45) is 0. The summed E-state index contributed by atoms with van der Waals surface area (Å²) in [5, 5.41) is 3.42. The van der Waals surface area contributed by atoms with Gasteiger partial charge in [-0.25, -0.2) is 0 Å². The van der Waals surface area contributed by atoms with Gasteiger partial charge in [-0.05, 0) is 38.8 Å². The van der Waals surface area contributed by atoms with Crippen LogP contribution >= 0.6 is 0 Å². The Balaban J connectivity index is 2.30. The van der Waals surface area contributed by atoms with Crippen LogP contribution in [0, 0.1) is 0 Å². The Morgan fingerprint density at radius 1 is 1.10 bits per heavy atom. The number of hydrogen-bond donors (Lipinski definition) is 1. The fourth-order valence-electron chi connectivity index (χ4n) is 1.87. The lowest BCUT2D eigenvalue weighted by Gasteiger charge is -2.19. The van der Waals surface area contributed by atoms with Gasteiger partial charge in [0.15, 0.2) is 0 Å². The predicted molar refractivity (Wildman–Crippen MR) is 90.0 cm³/mol. The molecule has 0 aliphatic rings. The van der Waals surface area contributed by atoms with Gasteiger partial charge in [-0.1, -0.05) is 26.0 Å².